The number of ether oxygens (including phenoxy) is 3. The van der Waals surface area contributed by atoms with Crippen LogP contribution in [0.4, 0.5) is 0 Å². The number of carbonyl (C=O) groups excluding carboxylic acids is 8. The molecule has 0 saturated carbocycles. The topological polar surface area (TPSA) is 180 Å². The molecule has 1 aliphatic heterocycles. The Kier molecular flexibility index (Phi) is 24.8. The van der Waals surface area contributed by atoms with Gasteiger partial charge in [0, 0.05) is 35.2 Å². The van der Waals surface area contributed by atoms with E-state index in [1.165, 1.54) is 77.6 Å². The molecule has 0 aliphatic carbocycles. The zero-order chi connectivity index (χ0) is 46.6. The Balaban J connectivity index is 3.88. The number of nitrogens with zero attached hydrogens (tertiary/aromatic N) is 5. The molecule has 1 heterocycles. The van der Waals surface area contributed by atoms with Crippen LogP contribution in [-0.2, 0) is 52.6 Å². The Morgan fingerprint density at radius 1 is 0.344 bits per heavy atom. The van der Waals surface area contributed by atoms with Gasteiger partial charge in [0.05, 0.1) is 0 Å². The van der Waals surface area contributed by atoms with Crippen molar-refractivity contribution in [3.8, 4) is 0 Å². The first-order valence-electron chi connectivity index (χ1n) is 22.7. The summed E-state index contributed by atoms with van der Waals surface area (Å²) in [6, 6.07) is -5.66. The molecule has 0 aromatic carbocycles. The number of rotatable bonds is 16. The van der Waals surface area contributed by atoms with Crippen LogP contribution < -0.4 is 0 Å². The van der Waals surface area contributed by atoms with Gasteiger partial charge in [-0.05, 0) is 72.6 Å². The third-order valence-electron chi connectivity index (χ3n) is 12.1. The van der Waals surface area contributed by atoms with Gasteiger partial charge in [0.25, 0.3) is 17.7 Å². The Morgan fingerprint density at radius 2 is 0.607 bits per heavy atom. The summed E-state index contributed by atoms with van der Waals surface area (Å²) in [5.41, 5.74) is 0. The summed E-state index contributed by atoms with van der Waals surface area (Å²) in [6.07, 6.45) is 5.46. The van der Waals surface area contributed by atoms with E-state index in [0.717, 1.165) is 61.2 Å². The molecule has 0 aromatic rings. The van der Waals surface area contributed by atoms with Gasteiger partial charge in [-0.15, -0.1) is 0 Å². The average molecular weight is 866 g/mol. The molecule has 0 bridgehead atoms. The largest absolute Gasteiger partial charge is 0.451 e. The third kappa shape index (κ3) is 16.2. The van der Waals surface area contributed by atoms with E-state index in [0.29, 0.717) is 25.7 Å². The van der Waals surface area contributed by atoms with Gasteiger partial charge >= 0.3 is 17.9 Å². The van der Waals surface area contributed by atoms with Crippen LogP contribution in [-0.4, -0.2) is 156 Å². The van der Waals surface area contributed by atoms with Crippen molar-refractivity contribution in [2.24, 2.45) is 0 Å². The lowest BCUT2D eigenvalue weighted by Crippen LogP contribution is -2.57. The molecule has 16 heteroatoms. The molecule has 0 radical (unpaired) electrons. The lowest BCUT2D eigenvalue weighted by molar-refractivity contribution is -0.174. The smallest absolute Gasteiger partial charge is 0.329 e. The molecule has 0 aromatic heterocycles. The van der Waals surface area contributed by atoms with Crippen molar-refractivity contribution < 1.29 is 52.6 Å². The highest BCUT2D eigenvalue weighted by molar-refractivity contribution is 5.95. The van der Waals surface area contributed by atoms with Gasteiger partial charge in [0.1, 0.15) is 30.2 Å². The first-order valence-corrected chi connectivity index (χ1v) is 22.7. The van der Waals surface area contributed by atoms with Crippen molar-refractivity contribution in [1.82, 2.24) is 24.5 Å². The molecule has 1 aliphatic rings. The highest BCUT2D eigenvalue weighted by Crippen LogP contribution is 2.21. The maximum atomic E-state index is 14.3. The van der Waals surface area contributed by atoms with E-state index in [1.54, 1.807) is 0 Å². The maximum absolute atomic E-state index is 14.3. The standard InChI is InChI=1S/C45H79N5O11/c1-14-18-22-26-34-39(52)47(10)31(6)43(56)60-36(28-24-20-16-3)41(54)49(12)33(8)45(58)61-37(29-25-21-17-4)42(55)48(11)32(7)44(57)59-35(27-23-19-15-2)40(53)46(9)30(5)38(51)50(34)13/h30-37H,14-29H2,1-13H3/t30-,31-,32-,33-,34+,35+,36+,37+/m1/s1. The zero-order valence-corrected chi connectivity index (χ0v) is 39.7. The fourth-order valence-corrected chi connectivity index (χ4v) is 6.99. The van der Waals surface area contributed by atoms with Crippen LogP contribution in [0.3, 0.4) is 0 Å². The molecule has 0 unspecified atom stereocenters. The van der Waals surface area contributed by atoms with Gasteiger partial charge in [0.15, 0.2) is 18.3 Å². The number of carbonyl (C=O) groups is 8. The Labute approximate surface area is 365 Å². The molecule has 0 spiro atoms. The number of esters is 3. The van der Waals surface area contributed by atoms with E-state index in [-0.39, 0.29) is 25.7 Å². The van der Waals surface area contributed by atoms with E-state index in [4.69, 9.17) is 14.2 Å². The fourth-order valence-electron chi connectivity index (χ4n) is 6.99. The SMILES string of the molecule is CCCCC[C@@H]1OC(=O)[C@@H](C)N(C)C(=O)[C@H](CCCCC)OC(=O)[C@@H](C)N(C)C(=O)[C@H](CCCCC)N(C)C(=O)[C@@H](C)N(C)C(=O)[C@H](CCCCC)OC(=O)[C@@H](C)N(C)C1=O. The molecule has 16 nitrogen and oxygen atoms in total. The lowest BCUT2D eigenvalue weighted by atomic mass is 10.0. The Bertz CT molecular complexity index is 1460. The summed E-state index contributed by atoms with van der Waals surface area (Å²) < 4.78 is 17.5. The summed E-state index contributed by atoms with van der Waals surface area (Å²) in [4.78, 5) is 118. The van der Waals surface area contributed by atoms with Gasteiger partial charge in [0.2, 0.25) is 11.8 Å². The Hall–Kier alpha value is -4.24. The first kappa shape index (κ1) is 54.8. The second kappa shape index (κ2) is 27.7. The van der Waals surface area contributed by atoms with E-state index in [1.807, 2.05) is 27.7 Å². The maximum Gasteiger partial charge on any atom is 0.329 e. The second-order valence-corrected chi connectivity index (χ2v) is 16.7. The average Bonchev–Trinajstić information content (AvgIpc) is 3.25. The van der Waals surface area contributed by atoms with Crippen LogP contribution in [0.2, 0.25) is 0 Å². The van der Waals surface area contributed by atoms with E-state index in [2.05, 4.69) is 0 Å². The molecule has 1 saturated heterocycles. The van der Waals surface area contributed by atoms with Crippen LogP contribution in [0.15, 0.2) is 0 Å². The van der Waals surface area contributed by atoms with Gasteiger partial charge < -0.3 is 38.7 Å². The lowest BCUT2D eigenvalue weighted by Gasteiger charge is -2.37. The Morgan fingerprint density at radius 3 is 0.902 bits per heavy atom. The van der Waals surface area contributed by atoms with Crippen molar-refractivity contribution in [1.29, 1.82) is 0 Å². The van der Waals surface area contributed by atoms with E-state index in [9.17, 15) is 38.4 Å². The normalized spacial score (nSPS) is 26.7. The van der Waals surface area contributed by atoms with Gasteiger partial charge in [-0.2, -0.15) is 0 Å². The molecule has 8 atom stereocenters. The quantitative estimate of drug-likeness (QED) is 0.112. The number of likely N-dealkylation sites (N-methyl/N-ethyl adjacent to an activating group) is 5. The predicted octanol–water partition coefficient (Wildman–Crippen LogP) is 5.27. The fraction of sp³-hybridized carbons (Fsp3) is 0.822. The van der Waals surface area contributed by atoms with E-state index < -0.39 is 96.0 Å². The van der Waals surface area contributed by atoms with Gasteiger partial charge in [-0.1, -0.05) is 85.5 Å². The van der Waals surface area contributed by atoms with Gasteiger partial charge in [-0.25, -0.2) is 14.4 Å². The summed E-state index contributed by atoms with van der Waals surface area (Å²) in [6.45, 7) is 13.9. The molecular formula is C45H79N5O11. The van der Waals surface area contributed by atoms with Crippen molar-refractivity contribution in [3.63, 3.8) is 0 Å². The number of amides is 5. The number of hydrogen-bond acceptors (Lipinski definition) is 11. The van der Waals surface area contributed by atoms with Crippen LogP contribution in [0.25, 0.3) is 0 Å². The van der Waals surface area contributed by atoms with Crippen molar-refractivity contribution in [2.75, 3.05) is 35.2 Å². The molecule has 1 fully saturated rings. The van der Waals surface area contributed by atoms with Crippen LogP contribution in [0.1, 0.15) is 158 Å². The second-order valence-electron chi connectivity index (χ2n) is 16.7. The third-order valence-corrected chi connectivity index (χ3v) is 12.1. The van der Waals surface area contributed by atoms with Crippen LogP contribution in [0.5, 0.6) is 0 Å². The van der Waals surface area contributed by atoms with Crippen molar-refractivity contribution in [2.45, 2.75) is 207 Å². The molecule has 1 rings (SSSR count). The highest BCUT2D eigenvalue weighted by Gasteiger charge is 2.41. The first-order chi connectivity index (χ1) is 28.7. The summed E-state index contributed by atoms with van der Waals surface area (Å²) in [5.74, 6) is -5.57. The number of hydrogen-bond donors (Lipinski definition) is 0. The van der Waals surface area contributed by atoms with E-state index >= 15 is 0 Å². The van der Waals surface area contributed by atoms with Crippen LogP contribution >= 0.6 is 0 Å². The zero-order valence-electron chi connectivity index (χ0n) is 39.7. The molecule has 0 N–H and O–H groups in total. The highest BCUT2D eigenvalue weighted by atomic mass is 16.6. The minimum absolute atomic E-state index is 0.152. The summed E-state index contributed by atoms with van der Waals surface area (Å²) >= 11 is 0. The van der Waals surface area contributed by atoms with Crippen molar-refractivity contribution >= 4 is 47.4 Å². The van der Waals surface area contributed by atoms with Crippen LogP contribution in [0, 0.1) is 0 Å². The molecule has 5 amide bonds. The van der Waals surface area contributed by atoms with Gasteiger partial charge in [-0.3, -0.25) is 24.0 Å². The number of unbranched alkanes of at least 4 members (excludes halogenated alkanes) is 8. The van der Waals surface area contributed by atoms with Crippen molar-refractivity contribution in [3.05, 3.63) is 0 Å². The predicted molar refractivity (Wildman–Crippen MR) is 232 cm³/mol. The molecule has 61 heavy (non-hydrogen) atoms. The summed E-state index contributed by atoms with van der Waals surface area (Å²) in [5, 5.41) is 0. The molecular weight excluding hydrogens is 787 g/mol. The molecule has 350 valence electrons. The minimum Gasteiger partial charge on any atom is -0.451 e. The summed E-state index contributed by atoms with van der Waals surface area (Å²) in [7, 11) is 7.14. The monoisotopic (exact) mass is 866 g/mol. The minimum atomic E-state index is -1.30. The number of cyclic esters (lactones) is 3.